The number of amides is 2. The van der Waals surface area contributed by atoms with Gasteiger partial charge in [-0.2, -0.15) is 0 Å². The molecule has 0 unspecified atom stereocenters. The minimum Gasteiger partial charge on any atom is -0.338 e. The van der Waals surface area contributed by atoms with Crippen molar-refractivity contribution in [2.24, 2.45) is 0 Å². The lowest BCUT2D eigenvalue weighted by Gasteiger charge is -2.08. The third kappa shape index (κ3) is 1.98. The van der Waals surface area contributed by atoms with Gasteiger partial charge in [-0.1, -0.05) is 5.16 Å². The lowest BCUT2D eigenvalue weighted by Crippen LogP contribution is -2.27. The summed E-state index contributed by atoms with van der Waals surface area (Å²) in [5.74, 6) is 0.367. The lowest BCUT2D eigenvalue weighted by molar-refractivity contribution is 0.229. The van der Waals surface area contributed by atoms with Crippen molar-refractivity contribution in [1.29, 1.82) is 0 Å². The van der Waals surface area contributed by atoms with Crippen LogP contribution in [0.2, 0.25) is 0 Å². The monoisotopic (exact) mass is 169 g/mol. The van der Waals surface area contributed by atoms with E-state index in [4.69, 9.17) is 4.52 Å². The number of hydrogen-bond acceptors (Lipinski definition) is 3. The number of carbonyl (C=O) groups is 1. The van der Waals surface area contributed by atoms with Gasteiger partial charge in [0.05, 0.1) is 5.69 Å². The number of rotatable bonds is 1. The molecule has 1 heterocycles. The highest BCUT2D eigenvalue weighted by Crippen LogP contribution is 2.08. The highest BCUT2D eigenvalue weighted by Gasteiger charge is 2.06. The van der Waals surface area contributed by atoms with Crippen molar-refractivity contribution in [3.8, 4) is 0 Å². The van der Waals surface area contributed by atoms with Crippen LogP contribution in [-0.2, 0) is 0 Å². The number of nitrogens with zero attached hydrogens (tertiary/aromatic N) is 2. The molecule has 1 aromatic rings. The Labute approximate surface area is 70.3 Å². The van der Waals surface area contributed by atoms with Gasteiger partial charge in [-0.25, -0.2) is 4.79 Å². The van der Waals surface area contributed by atoms with Crippen molar-refractivity contribution in [3.05, 3.63) is 11.8 Å². The molecule has 0 radical (unpaired) electrons. The molecule has 0 aliphatic heterocycles. The number of aromatic nitrogens is 1. The zero-order valence-electron chi connectivity index (χ0n) is 7.29. The van der Waals surface area contributed by atoms with Crippen molar-refractivity contribution in [2.45, 2.75) is 6.92 Å². The highest BCUT2D eigenvalue weighted by atomic mass is 16.5. The van der Waals surface area contributed by atoms with Gasteiger partial charge < -0.3 is 9.42 Å². The predicted molar refractivity (Wildman–Crippen MR) is 43.9 cm³/mol. The Morgan fingerprint density at radius 1 is 1.67 bits per heavy atom. The zero-order chi connectivity index (χ0) is 9.14. The second-order valence-electron chi connectivity index (χ2n) is 2.66. The van der Waals surface area contributed by atoms with E-state index in [1.54, 1.807) is 27.1 Å². The van der Waals surface area contributed by atoms with Crippen molar-refractivity contribution in [2.75, 3.05) is 19.4 Å². The van der Waals surface area contributed by atoms with Gasteiger partial charge in [-0.3, -0.25) is 5.32 Å². The van der Waals surface area contributed by atoms with Crippen molar-refractivity contribution < 1.29 is 9.32 Å². The third-order valence-corrected chi connectivity index (χ3v) is 1.26. The maximum atomic E-state index is 11.0. The Morgan fingerprint density at radius 2 is 2.33 bits per heavy atom. The smallest absolute Gasteiger partial charge is 0.323 e. The quantitative estimate of drug-likeness (QED) is 0.684. The van der Waals surface area contributed by atoms with Gasteiger partial charge in [0.25, 0.3) is 0 Å². The third-order valence-electron chi connectivity index (χ3n) is 1.26. The van der Waals surface area contributed by atoms with Crippen LogP contribution in [0, 0.1) is 6.92 Å². The maximum absolute atomic E-state index is 11.0. The van der Waals surface area contributed by atoms with E-state index in [0.717, 1.165) is 5.69 Å². The van der Waals surface area contributed by atoms with Gasteiger partial charge in [0, 0.05) is 20.2 Å². The van der Waals surface area contributed by atoms with Crippen LogP contribution in [0.5, 0.6) is 0 Å². The molecule has 0 saturated heterocycles. The number of nitrogens with one attached hydrogen (secondary N) is 1. The van der Waals surface area contributed by atoms with Crippen molar-refractivity contribution in [1.82, 2.24) is 10.1 Å². The summed E-state index contributed by atoms with van der Waals surface area (Å²) in [6.45, 7) is 1.79. The molecule has 0 aliphatic rings. The van der Waals surface area contributed by atoms with E-state index < -0.39 is 0 Å². The molecule has 66 valence electrons. The van der Waals surface area contributed by atoms with Crippen LogP contribution in [0.3, 0.4) is 0 Å². The fourth-order valence-corrected chi connectivity index (χ4v) is 0.640. The molecule has 12 heavy (non-hydrogen) atoms. The van der Waals surface area contributed by atoms with Gasteiger partial charge in [0.15, 0.2) is 0 Å². The molecular formula is C7H11N3O2. The second-order valence-corrected chi connectivity index (χ2v) is 2.66. The molecule has 0 aromatic carbocycles. The van der Waals surface area contributed by atoms with E-state index in [-0.39, 0.29) is 6.03 Å². The second kappa shape index (κ2) is 3.25. The van der Waals surface area contributed by atoms with Crippen LogP contribution >= 0.6 is 0 Å². The lowest BCUT2D eigenvalue weighted by atomic mass is 10.5. The average molecular weight is 169 g/mol. The SMILES string of the molecule is Cc1cc(NC(=O)N(C)C)on1. The van der Waals surface area contributed by atoms with E-state index in [1.165, 1.54) is 4.90 Å². The standard InChI is InChI=1S/C7H11N3O2/c1-5-4-6(12-9-5)8-7(11)10(2)3/h4H,1-3H3,(H,8,11). The molecule has 5 heteroatoms. The minimum atomic E-state index is -0.230. The molecule has 0 fully saturated rings. The zero-order valence-corrected chi connectivity index (χ0v) is 7.29. The first-order chi connectivity index (χ1) is 5.59. The van der Waals surface area contributed by atoms with Gasteiger partial charge in [0.1, 0.15) is 0 Å². The summed E-state index contributed by atoms with van der Waals surface area (Å²) in [5, 5.41) is 6.14. The summed E-state index contributed by atoms with van der Waals surface area (Å²) in [6.07, 6.45) is 0. The van der Waals surface area contributed by atoms with Crippen LogP contribution in [-0.4, -0.2) is 30.2 Å². The molecule has 0 bridgehead atoms. The van der Waals surface area contributed by atoms with Gasteiger partial charge >= 0.3 is 6.03 Å². The van der Waals surface area contributed by atoms with E-state index in [9.17, 15) is 4.79 Å². The molecule has 5 nitrogen and oxygen atoms in total. The Bertz CT molecular complexity index is 280. The highest BCUT2D eigenvalue weighted by molar-refractivity contribution is 5.87. The van der Waals surface area contributed by atoms with Gasteiger partial charge in [-0.05, 0) is 6.92 Å². The molecule has 0 aliphatic carbocycles. The Kier molecular flexibility index (Phi) is 2.32. The molecule has 0 saturated carbocycles. The molecule has 0 atom stereocenters. The number of urea groups is 1. The summed E-state index contributed by atoms with van der Waals surface area (Å²) in [5.41, 5.74) is 0.740. The summed E-state index contributed by atoms with van der Waals surface area (Å²) >= 11 is 0. The average Bonchev–Trinajstić information content (AvgIpc) is 2.35. The van der Waals surface area contributed by atoms with E-state index in [0.29, 0.717) is 5.88 Å². The summed E-state index contributed by atoms with van der Waals surface area (Å²) in [4.78, 5) is 12.5. The molecular weight excluding hydrogens is 158 g/mol. The van der Waals surface area contributed by atoms with Crippen LogP contribution in [0.4, 0.5) is 10.7 Å². The first-order valence-corrected chi connectivity index (χ1v) is 3.51. The Balaban J connectivity index is 2.58. The first-order valence-electron chi connectivity index (χ1n) is 3.51. The van der Waals surface area contributed by atoms with Crippen LogP contribution in [0.15, 0.2) is 10.6 Å². The fourth-order valence-electron chi connectivity index (χ4n) is 0.640. The van der Waals surface area contributed by atoms with E-state index in [2.05, 4.69) is 10.5 Å². The molecule has 2 amide bonds. The molecule has 1 N–H and O–H groups in total. The van der Waals surface area contributed by atoms with Crippen LogP contribution < -0.4 is 5.32 Å². The number of carbonyl (C=O) groups excluding carboxylic acids is 1. The predicted octanol–water partition coefficient (Wildman–Crippen LogP) is 1.08. The number of aryl methyl sites for hydroxylation is 1. The minimum absolute atomic E-state index is 0.230. The fraction of sp³-hybridized carbons (Fsp3) is 0.429. The summed E-state index contributed by atoms with van der Waals surface area (Å²) in [6, 6.07) is 1.42. The molecule has 1 aromatic heterocycles. The van der Waals surface area contributed by atoms with E-state index in [1.807, 2.05) is 0 Å². The summed E-state index contributed by atoms with van der Waals surface area (Å²) < 4.78 is 4.78. The topological polar surface area (TPSA) is 58.4 Å². The van der Waals surface area contributed by atoms with Gasteiger partial charge in [0.2, 0.25) is 5.88 Å². The normalized spacial score (nSPS) is 9.58. The van der Waals surface area contributed by atoms with Crippen LogP contribution in [0.25, 0.3) is 0 Å². The Morgan fingerprint density at radius 3 is 2.75 bits per heavy atom. The summed E-state index contributed by atoms with van der Waals surface area (Å²) in [7, 11) is 3.30. The largest absolute Gasteiger partial charge is 0.338 e. The van der Waals surface area contributed by atoms with Crippen molar-refractivity contribution >= 4 is 11.9 Å². The first kappa shape index (κ1) is 8.58. The number of anilines is 1. The van der Waals surface area contributed by atoms with Crippen molar-refractivity contribution in [3.63, 3.8) is 0 Å². The van der Waals surface area contributed by atoms with Gasteiger partial charge in [-0.15, -0.1) is 0 Å². The van der Waals surface area contributed by atoms with E-state index >= 15 is 0 Å². The molecule has 1 rings (SSSR count). The number of hydrogen-bond donors (Lipinski definition) is 1. The Hall–Kier alpha value is -1.52. The van der Waals surface area contributed by atoms with Crippen LogP contribution in [0.1, 0.15) is 5.69 Å². The maximum Gasteiger partial charge on any atom is 0.323 e. The molecule has 0 spiro atoms.